The van der Waals surface area contributed by atoms with Crippen LogP contribution in [0.4, 0.5) is 0 Å². The van der Waals surface area contributed by atoms with Crippen molar-refractivity contribution in [2.45, 2.75) is 60.0 Å². The molecule has 0 saturated carbocycles. The van der Waals surface area contributed by atoms with Gasteiger partial charge in [0.05, 0.1) is 6.61 Å². The number of Topliss-reactive ketones (excluding diaryl/α,β-unsaturated/α-hetero) is 2. The number of carbonyl (C=O) groups is 4. The van der Waals surface area contributed by atoms with Crippen LogP contribution < -0.4 is 0 Å². The Bertz CT molecular complexity index is 355. The molecule has 126 valence electrons. The molecule has 0 aliphatic heterocycles. The first-order valence-electron chi connectivity index (χ1n) is 6.73. The maximum absolute atomic E-state index is 10.7. The van der Waals surface area contributed by atoms with Gasteiger partial charge in [-0.3, -0.25) is 19.3 Å². The van der Waals surface area contributed by atoms with Gasteiger partial charge in [-0.15, -0.1) is 0 Å². The summed E-state index contributed by atoms with van der Waals surface area (Å²) in [5, 5.41) is 0. The Hall–Kier alpha value is -1.05. The molecule has 0 radical (unpaired) electrons. The molecule has 0 fully saturated rings. The fraction of sp³-hybridized carbons (Fsp3) is 0.714. The molecule has 0 saturated heterocycles. The van der Waals surface area contributed by atoms with E-state index < -0.39 is 11.9 Å². The van der Waals surface area contributed by atoms with Gasteiger partial charge in [0.15, 0.2) is 0 Å². The minimum atomic E-state index is -0.636. The first-order valence-corrected chi connectivity index (χ1v) is 6.73. The second-order valence-corrected chi connectivity index (χ2v) is 4.33. The normalized spacial score (nSPS) is 10.2. The van der Waals surface area contributed by atoms with Crippen molar-refractivity contribution in [1.29, 1.82) is 0 Å². The van der Waals surface area contributed by atoms with E-state index in [1.807, 2.05) is 6.92 Å². The number of hydrogen-bond acceptors (Lipinski definition) is 7. The molecule has 0 rings (SSSR count). The summed E-state index contributed by atoms with van der Waals surface area (Å²) in [5.41, 5.74) is 0. The molecule has 0 aliphatic rings. The van der Waals surface area contributed by atoms with Crippen LogP contribution in [0.25, 0.3) is 0 Å². The number of esters is 1. The minimum Gasteiger partial charge on any atom is -0.466 e. The van der Waals surface area contributed by atoms with Gasteiger partial charge < -0.3 is 4.74 Å². The van der Waals surface area contributed by atoms with Crippen LogP contribution >= 0.6 is 0 Å². The zero-order valence-electron chi connectivity index (χ0n) is 13.8. The van der Waals surface area contributed by atoms with E-state index in [0.717, 1.165) is 6.42 Å². The van der Waals surface area contributed by atoms with Gasteiger partial charge >= 0.3 is 11.9 Å². The first-order chi connectivity index (χ1) is 9.72. The number of carbonyl (C=O) groups excluding carboxylic acids is 4. The molecule has 8 heteroatoms. The summed E-state index contributed by atoms with van der Waals surface area (Å²) < 4.78 is 4.49. The van der Waals surface area contributed by atoms with Gasteiger partial charge in [-0.1, -0.05) is 6.92 Å². The maximum Gasteiger partial charge on any atom is 0.349 e. The standard InChI is InChI=1S/C8H14O4.C6H10O3.Ti/c1-4-7(3)11-12-8(10)5-6(2)9;1-3-9-6(8)4-5(2)7;/h7H,4-5H2,1-3H3;3-4H2,1-2H3;. The second-order valence-electron chi connectivity index (χ2n) is 4.33. The molecule has 1 unspecified atom stereocenters. The van der Waals surface area contributed by atoms with Gasteiger partial charge in [0.1, 0.15) is 30.5 Å². The second kappa shape index (κ2) is 16.3. The maximum atomic E-state index is 10.7. The molecule has 0 N–H and O–H groups in total. The molecule has 0 aromatic heterocycles. The first kappa shape index (κ1) is 25.9. The fourth-order valence-electron chi connectivity index (χ4n) is 0.852. The SMILES string of the molecule is CCC(C)OOC(=O)CC(C)=O.CCOC(=O)CC(C)=O.[Ti]. The molecule has 0 bridgehead atoms. The van der Waals surface area contributed by atoms with Crippen molar-refractivity contribution in [1.82, 2.24) is 0 Å². The van der Waals surface area contributed by atoms with Gasteiger partial charge in [-0.2, -0.15) is 4.89 Å². The summed E-state index contributed by atoms with van der Waals surface area (Å²) in [6.07, 6.45) is 0.304. The number of ketones is 2. The van der Waals surface area contributed by atoms with Gasteiger partial charge in [0.2, 0.25) is 0 Å². The fourth-order valence-corrected chi connectivity index (χ4v) is 0.852. The summed E-state index contributed by atoms with van der Waals surface area (Å²) in [5.74, 6) is -1.46. The van der Waals surface area contributed by atoms with Gasteiger partial charge in [0.25, 0.3) is 0 Å². The van der Waals surface area contributed by atoms with E-state index in [1.54, 1.807) is 13.8 Å². The van der Waals surface area contributed by atoms with E-state index >= 15 is 0 Å². The van der Waals surface area contributed by atoms with E-state index in [2.05, 4.69) is 14.5 Å². The third-order valence-corrected chi connectivity index (χ3v) is 1.97. The zero-order valence-corrected chi connectivity index (χ0v) is 15.3. The van der Waals surface area contributed by atoms with Crippen molar-refractivity contribution >= 4 is 23.5 Å². The Labute approximate surface area is 145 Å². The predicted octanol–water partition coefficient (Wildman–Crippen LogP) is 1.76. The predicted molar refractivity (Wildman–Crippen MR) is 74.2 cm³/mol. The monoisotopic (exact) mass is 352 g/mol. The largest absolute Gasteiger partial charge is 0.466 e. The third kappa shape index (κ3) is 21.3. The Morgan fingerprint density at radius 2 is 1.36 bits per heavy atom. The topological polar surface area (TPSA) is 96.0 Å². The number of hydrogen-bond donors (Lipinski definition) is 0. The van der Waals surface area contributed by atoms with Crippen molar-refractivity contribution in [3.63, 3.8) is 0 Å². The van der Waals surface area contributed by atoms with E-state index in [9.17, 15) is 19.2 Å². The smallest absolute Gasteiger partial charge is 0.349 e. The summed E-state index contributed by atoms with van der Waals surface area (Å²) >= 11 is 0. The Balaban J connectivity index is -0.000000326. The molecule has 0 aliphatic carbocycles. The molecular weight excluding hydrogens is 328 g/mol. The number of ether oxygens (including phenoxy) is 1. The summed E-state index contributed by atoms with van der Waals surface area (Å²) in [4.78, 5) is 50.8. The molecule has 0 aromatic carbocycles. The van der Waals surface area contributed by atoms with E-state index in [4.69, 9.17) is 0 Å². The minimum absolute atomic E-state index is 0. The molecule has 0 aromatic rings. The van der Waals surface area contributed by atoms with E-state index in [0.29, 0.717) is 6.61 Å². The van der Waals surface area contributed by atoms with Crippen LogP contribution in [0.5, 0.6) is 0 Å². The Morgan fingerprint density at radius 1 is 0.909 bits per heavy atom. The van der Waals surface area contributed by atoms with Crippen molar-refractivity contribution in [2.24, 2.45) is 0 Å². The summed E-state index contributed by atoms with van der Waals surface area (Å²) in [6.45, 7) is 8.41. The van der Waals surface area contributed by atoms with Crippen molar-refractivity contribution < 1.29 is 55.4 Å². The van der Waals surface area contributed by atoms with Crippen LogP contribution in [0.2, 0.25) is 0 Å². The third-order valence-electron chi connectivity index (χ3n) is 1.97. The molecule has 0 heterocycles. The van der Waals surface area contributed by atoms with E-state index in [1.165, 1.54) is 13.8 Å². The molecule has 22 heavy (non-hydrogen) atoms. The summed E-state index contributed by atoms with van der Waals surface area (Å²) in [7, 11) is 0. The van der Waals surface area contributed by atoms with E-state index in [-0.39, 0.29) is 52.2 Å². The Morgan fingerprint density at radius 3 is 1.73 bits per heavy atom. The van der Waals surface area contributed by atoms with Crippen LogP contribution in [0.3, 0.4) is 0 Å². The average Bonchev–Trinajstić information content (AvgIpc) is 2.35. The van der Waals surface area contributed by atoms with Crippen molar-refractivity contribution in [2.75, 3.05) is 6.61 Å². The average molecular weight is 352 g/mol. The van der Waals surface area contributed by atoms with Gasteiger partial charge in [-0.05, 0) is 34.1 Å². The number of rotatable bonds is 8. The van der Waals surface area contributed by atoms with Crippen molar-refractivity contribution in [3.05, 3.63) is 0 Å². The molecular formula is C14H24O7Ti. The Kier molecular flexibility index (Phi) is 19.2. The molecule has 0 amide bonds. The molecule has 1 atom stereocenters. The molecule has 0 spiro atoms. The van der Waals surface area contributed by atoms with Crippen molar-refractivity contribution in [3.8, 4) is 0 Å². The van der Waals surface area contributed by atoms with Crippen LogP contribution in [0.1, 0.15) is 53.9 Å². The van der Waals surface area contributed by atoms with Gasteiger partial charge in [0, 0.05) is 21.7 Å². The summed E-state index contributed by atoms with van der Waals surface area (Å²) in [6, 6.07) is 0. The molecule has 7 nitrogen and oxygen atoms in total. The van der Waals surface area contributed by atoms with Crippen LogP contribution in [0, 0.1) is 0 Å². The van der Waals surface area contributed by atoms with Crippen LogP contribution in [0.15, 0.2) is 0 Å². The van der Waals surface area contributed by atoms with Gasteiger partial charge in [-0.25, -0.2) is 4.79 Å². The van der Waals surface area contributed by atoms with Crippen LogP contribution in [-0.4, -0.2) is 36.2 Å². The zero-order chi connectivity index (χ0) is 16.8. The van der Waals surface area contributed by atoms with Crippen LogP contribution in [-0.2, 0) is 55.4 Å². The quantitative estimate of drug-likeness (QED) is 0.216.